The Kier molecular flexibility index (Phi) is 9.29. The van der Waals surface area contributed by atoms with Gasteiger partial charge in [-0.05, 0) is 38.8 Å². The molecule has 5 rings (SSSR count). The number of fused-ring (bicyclic) bond motifs is 2. The fourth-order valence-electron chi connectivity index (χ4n) is 4.46. The number of halogens is 1. The van der Waals surface area contributed by atoms with Gasteiger partial charge in [-0.15, -0.1) is 0 Å². The monoisotopic (exact) mass is 568 g/mol. The van der Waals surface area contributed by atoms with E-state index in [0.29, 0.717) is 69.9 Å². The van der Waals surface area contributed by atoms with Gasteiger partial charge in [0.2, 0.25) is 6.79 Å². The molecule has 1 unspecified atom stereocenters. The van der Waals surface area contributed by atoms with Crippen molar-refractivity contribution in [1.82, 2.24) is 15.3 Å². The minimum atomic E-state index is 0.0599. The standard InChI is InChI=1S/C29H33ClN4O6/c1-18(2)37-9-4-6-19-12-22(30)26(28-27(19)39-17-40-28)34-29-21-13-24(35-3)25(14-23(21)32-16-33-29)38-10-5-7-20-15-36-11-8-31-20/h12-14,16,18,20,31H,5,7-11,15,17H2,1-3H3,(H,32,33,34). The fourth-order valence-corrected chi connectivity index (χ4v) is 4.70. The number of morpholine rings is 1. The van der Waals surface area contributed by atoms with E-state index in [9.17, 15) is 0 Å². The molecule has 0 saturated carbocycles. The van der Waals surface area contributed by atoms with Gasteiger partial charge >= 0.3 is 0 Å². The predicted octanol–water partition coefficient (Wildman–Crippen LogP) is 4.69. The lowest BCUT2D eigenvalue weighted by Gasteiger charge is -2.23. The van der Waals surface area contributed by atoms with Crippen molar-refractivity contribution in [1.29, 1.82) is 0 Å². The van der Waals surface area contributed by atoms with Crippen LogP contribution in [0.5, 0.6) is 23.0 Å². The van der Waals surface area contributed by atoms with Crippen molar-refractivity contribution in [2.45, 2.75) is 38.8 Å². The average Bonchev–Trinajstić information content (AvgIpc) is 3.45. The van der Waals surface area contributed by atoms with Crippen LogP contribution in [0.2, 0.25) is 5.02 Å². The third-order valence-corrected chi connectivity index (χ3v) is 6.72. The molecule has 40 heavy (non-hydrogen) atoms. The number of nitrogens with one attached hydrogen (secondary N) is 2. The Morgan fingerprint density at radius 2 is 2.05 bits per heavy atom. The number of methoxy groups -OCH3 is 1. The van der Waals surface area contributed by atoms with Crippen LogP contribution in [0, 0.1) is 11.8 Å². The van der Waals surface area contributed by atoms with E-state index in [2.05, 4.69) is 32.4 Å². The molecule has 11 heteroatoms. The summed E-state index contributed by atoms with van der Waals surface area (Å²) in [7, 11) is 1.61. The van der Waals surface area contributed by atoms with Gasteiger partial charge in [-0.3, -0.25) is 0 Å². The highest BCUT2D eigenvalue weighted by Crippen LogP contribution is 2.47. The Balaban J connectivity index is 1.35. The first-order valence-corrected chi connectivity index (χ1v) is 13.7. The van der Waals surface area contributed by atoms with Gasteiger partial charge in [-0.25, -0.2) is 9.97 Å². The Morgan fingerprint density at radius 1 is 1.18 bits per heavy atom. The maximum atomic E-state index is 6.69. The highest BCUT2D eigenvalue weighted by Gasteiger charge is 2.25. The Labute approximate surface area is 238 Å². The van der Waals surface area contributed by atoms with E-state index in [1.54, 1.807) is 13.2 Å². The van der Waals surface area contributed by atoms with Crippen molar-refractivity contribution in [3.8, 4) is 34.8 Å². The Hall–Kier alpha value is -3.49. The molecule has 1 atom stereocenters. The molecule has 212 valence electrons. The summed E-state index contributed by atoms with van der Waals surface area (Å²) in [6, 6.07) is 5.81. The van der Waals surface area contributed by atoms with E-state index in [1.807, 2.05) is 26.0 Å². The fraction of sp³-hybridized carbons (Fsp3) is 0.448. The van der Waals surface area contributed by atoms with Crippen LogP contribution in [0.15, 0.2) is 24.5 Å². The molecule has 0 spiro atoms. The predicted molar refractivity (Wildman–Crippen MR) is 152 cm³/mol. The van der Waals surface area contributed by atoms with Crippen molar-refractivity contribution in [2.75, 3.05) is 52.2 Å². The lowest BCUT2D eigenvalue weighted by molar-refractivity contribution is 0.0721. The van der Waals surface area contributed by atoms with Gasteiger partial charge < -0.3 is 39.1 Å². The van der Waals surface area contributed by atoms with Gasteiger partial charge in [0.05, 0.1) is 49.1 Å². The van der Waals surface area contributed by atoms with Gasteiger partial charge in [0.15, 0.2) is 23.0 Å². The normalized spacial score (nSPS) is 16.1. The number of nitrogens with zero attached hydrogens (tertiary/aromatic N) is 2. The molecule has 10 nitrogen and oxygen atoms in total. The lowest BCUT2D eigenvalue weighted by Crippen LogP contribution is -2.41. The molecule has 0 bridgehead atoms. The summed E-state index contributed by atoms with van der Waals surface area (Å²) < 4.78 is 34.2. The van der Waals surface area contributed by atoms with Crippen molar-refractivity contribution in [3.05, 3.63) is 35.1 Å². The first kappa shape index (κ1) is 28.1. The average molecular weight is 569 g/mol. The van der Waals surface area contributed by atoms with Crippen LogP contribution in [0.3, 0.4) is 0 Å². The van der Waals surface area contributed by atoms with E-state index >= 15 is 0 Å². The van der Waals surface area contributed by atoms with E-state index in [4.69, 9.17) is 40.0 Å². The van der Waals surface area contributed by atoms with Gasteiger partial charge in [-0.2, -0.15) is 0 Å². The maximum absolute atomic E-state index is 6.69. The number of anilines is 2. The molecule has 0 aliphatic carbocycles. The lowest BCUT2D eigenvalue weighted by atomic mass is 10.1. The molecule has 3 heterocycles. The summed E-state index contributed by atoms with van der Waals surface area (Å²) in [5, 5.41) is 7.91. The molecule has 0 amide bonds. The number of hydrogen-bond acceptors (Lipinski definition) is 10. The highest BCUT2D eigenvalue weighted by molar-refractivity contribution is 6.34. The van der Waals surface area contributed by atoms with Crippen LogP contribution in [-0.2, 0) is 9.47 Å². The second-order valence-corrected chi connectivity index (χ2v) is 10.00. The molecule has 0 radical (unpaired) electrons. The zero-order valence-electron chi connectivity index (χ0n) is 22.8. The quantitative estimate of drug-likeness (QED) is 0.264. The number of aromatic nitrogens is 2. The maximum Gasteiger partial charge on any atom is 0.231 e. The third kappa shape index (κ3) is 6.62. The first-order chi connectivity index (χ1) is 19.5. The van der Waals surface area contributed by atoms with E-state index in [1.165, 1.54) is 6.33 Å². The van der Waals surface area contributed by atoms with E-state index < -0.39 is 0 Å². The molecular weight excluding hydrogens is 536 g/mol. The smallest absolute Gasteiger partial charge is 0.231 e. The molecule has 1 aromatic heterocycles. The molecule has 1 fully saturated rings. The Bertz CT molecular complexity index is 1400. The number of benzene rings is 2. The van der Waals surface area contributed by atoms with Crippen LogP contribution in [0.25, 0.3) is 10.9 Å². The summed E-state index contributed by atoms with van der Waals surface area (Å²) in [6.45, 7) is 7.22. The van der Waals surface area contributed by atoms with Gasteiger partial charge in [-0.1, -0.05) is 23.4 Å². The number of rotatable bonds is 10. The van der Waals surface area contributed by atoms with Crippen molar-refractivity contribution in [2.24, 2.45) is 0 Å². The zero-order chi connectivity index (χ0) is 27.9. The van der Waals surface area contributed by atoms with Crippen LogP contribution >= 0.6 is 11.6 Å². The van der Waals surface area contributed by atoms with Crippen LogP contribution in [0.1, 0.15) is 32.3 Å². The summed E-state index contributed by atoms with van der Waals surface area (Å²) in [5.74, 6) is 8.77. The van der Waals surface area contributed by atoms with Crippen LogP contribution in [0.4, 0.5) is 11.5 Å². The molecule has 2 aliphatic rings. The van der Waals surface area contributed by atoms with Crippen molar-refractivity contribution >= 4 is 34.0 Å². The molecule has 2 aliphatic heterocycles. The van der Waals surface area contributed by atoms with Gasteiger partial charge in [0.1, 0.15) is 24.4 Å². The minimum absolute atomic E-state index is 0.0599. The SMILES string of the molecule is COc1cc2c(Nc3c(Cl)cc(C#CCOC(C)C)c4c3OCO4)ncnc2cc1OCCCC1COCCN1. The summed E-state index contributed by atoms with van der Waals surface area (Å²) in [6.07, 6.45) is 3.43. The zero-order valence-corrected chi connectivity index (χ0v) is 23.6. The van der Waals surface area contributed by atoms with Crippen LogP contribution in [-0.4, -0.2) is 69.0 Å². The molecule has 1 saturated heterocycles. The molecule has 3 aromatic rings. The summed E-state index contributed by atoms with van der Waals surface area (Å²) in [4.78, 5) is 8.92. The first-order valence-electron chi connectivity index (χ1n) is 13.3. The van der Waals surface area contributed by atoms with Gasteiger partial charge in [0.25, 0.3) is 0 Å². The largest absolute Gasteiger partial charge is 0.493 e. The molecule has 2 aromatic carbocycles. The van der Waals surface area contributed by atoms with Crippen molar-refractivity contribution in [3.63, 3.8) is 0 Å². The second kappa shape index (κ2) is 13.2. The van der Waals surface area contributed by atoms with E-state index in [-0.39, 0.29) is 12.9 Å². The molecular formula is C29H33ClN4O6. The topological polar surface area (TPSA) is 105 Å². The van der Waals surface area contributed by atoms with Crippen molar-refractivity contribution < 1.29 is 28.4 Å². The van der Waals surface area contributed by atoms with Gasteiger partial charge in [0, 0.05) is 24.0 Å². The molecule has 2 N–H and O–H groups in total. The minimum Gasteiger partial charge on any atom is -0.493 e. The number of hydrogen-bond donors (Lipinski definition) is 2. The summed E-state index contributed by atoms with van der Waals surface area (Å²) in [5.41, 5.74) is 1.84. The Morgan fingerprint density at radius 3 is 2.85 bits per heavy atom. The third-order valence-electron chi connectivity index (χ3n) is 6.42. The van der Waals surface area contributed by atoms with E-state index in [0.717, 1.165) is 38.0 Å². The second-order valence-electron chi connectivity index (χ2n) is 9.59. The highest BCUT2D eigenvalue weighted by atomic mass is 35.5. The number of ether oxygens (including phenoxy) is 6. The summed E-state index contributed by atoms with van der Waals surface area (Å²) >= 11 is 6.69. The van der Waals surface area contributed by atoms with Crippen LogP contribution < -0.4 is 29.6 Å².